The topological polar surface area (TPSA) is 104 Å². The van der Waals surface area contributed by atoms with Crippen molar-refractivity contribution in [1.82, 2.24) is 34.1 Å². The molecular formula is C22H18ClN7O2. The van der Waals surface area contributed by atoms with E-state index < -0.39 is 0 Å². The average molecular weight is 448 g/mol. The summed E-state index contributed by atoms with van der Waals surface area (Å²) < 4.78 is 9.02. The van der Waals surface area contributed by atoms with Crippen molar-refractivity contribution in [3.05, 3.63) is 64.6 Å². The zero-order valence-corrected chi connectivity index (χ0v) is 17.7. The molecule has 10 heteroatoms. The second-order valence-corrected chi connectivity index (χ2v) is 8.13. The molecule has 1 aromatic carbocycles. The molecule has 5 heterocycles. The summed E-state index contributed by atoms with van der Waals surface area (Å²) in [5.41, 5.74) is 3.97. The van der Waals surface area contributed by atoms with Crippen molar-refractivity contribution in [2.75, 3.05) is 13.2 Å². The molecule has 0 radical (unpaired) electrons. The second-order valence-electron chi connectivity index (χ2n) is 7.70. The van der Waals surface area contributed by atoms with Crippen molar-refractivity contribution < 1.29 is 4.74 Å². The molecule has 160 valence electrons. The number of pyridine rings is 1. The first-order valence-electron chi connectivity index (χ1n) is 10.3. The summed E-state index contributed by atoms with van der Waals surface area (Å²) in [6.45, 7) is 1.23. The predicted molar refractivity (Wildman–Crippen MR) is 120 cm³/mol. The number of aromatic nitrogens is 7. The molecule has 4 aromatic heterocycles. The fourth-order valence-corrected chi connectivity index (χ4v) is 4.41. The van der Waals surface area contributed by atoms with Gasteiger partial charge in [0.15, 0.2) is 5.65 Å². The number of aromatic amines is 1. The minimum absolute atomic E-state index is 0.00650. The van der Waals surface area contributed by atoms with Crippen LogP contribution in [0.25, 0.3) is 39.4 Å². The number of nitrogens with zero attached hydrogens (tertiary/aromatic N) is 6. The Labute approximate surface area is 186 Å². The Morgan fingerprint density at radius 2 is 1.91 bits per heavy atom. The molecule has 0 atom stereocenters. The van der Waals surface area contributed by atoms with Crippen molar-refractivity contribution in [2.24, 2.45) is 0 Å². The summed E-state index contributed by atoms with van der Waals surface area (Å²) >= 11 is 6.24. The van der Waals surface area contributed by atoms with Crippen molar-refractivity contribution in [2.45, 2.75) is 18.9 Å². The monoisotopic (exact) mass is 447 g/mol. The first-order chi connectivity index (χ1) is 15.7. The molecule has 0 aliphatic carbocycles. The SMILES string of the molecule is O=c1[nH]c2c(-c3ccncc3)nc(-n3cnc4ccc(Cl)cc43)nc2n1C1CCOCC1. The number of rotatable bonds is 3. The Morgan fingerprint density at radius 1 is 1.09 bits per heavy atom. The summed E-state index contributed by atoms with van der Waals surface area (Å²) in [7, 11) is 0. The molecule has 0 saturated carbocycles. The molecular weight excluding hydrogens is 430 g/mol. The third kappa shape index (κ3) is 3.09. The van der Waals surface area contributed by atoms with Crippen LogP contribution in [0.4, 0.5) is 0 Å². The number of ether oxygens (including phenoxy) is 1. The van der Waals surface area contributed by atoms with Gasteiger partial charge in [-0.1, -0.05) is 11.6 Å². The number of hydrogen-bond acceptors (Lipinski definition) is 6. The molecule has 1 N–H and O–H groups in total. The number of benzene rings is 1. The van der Waals surface area contributed by atoms with Crippen LogP contribution in [-0.4, -0.2) is 47.3 Å². The Kier molecular flexibility index (Phi) is 4.51. The lowest BCUT2D eigenvalue weighted by atomic mass is 10.1. The lowest BCUT2D eigenvalue weighted by molar-refractivity contribution is 0.0697. The summed E-state index contributed by atoms with van der Waals surface area (Å²) in [4.78, 5) is 34.2. The van der Waals surface area contributed by atoms with Crippen molar-refractivity contribution >= 4 is 33.8 Å². The van der Waals surface area contributed by atoms with E-state index in [0.29, 0.717) is 41.0 Å². The van der Waals surface area contributed by atoms with Gasteiger partial charge < -0.3 is 9.72 Å². The van der Waals surface area contributed by atoms with Crippen LogP contribution in [-0.2, 0) is 4.74 Å². The second kappa shape index (κ2) is 7.54. The van der Waals surface area contributed by atoms with Gasteiger partial charge in [0.2, 0.25) is 5.95 Å². The molecule has 5 aromatic rings. The fraction of sp³-hybridized carbons (Fsp3) is 0.227. The molecule has 0 unspecified atom stereocenters. The minimum atomic E-state index is -0.202. The maximum absolute atomic E-state index is 13.0. The van der Waals surface area contributed by atoms with Gasteiger partial charge in [0.05, 0.1) is 11.0 Å². The zero-order chi connectivity index (χ0) is 21.7. The molecule has 1 aliphatic rings. The van der Waals surface area contributed by atoms with E-state index >= 15 is 0 Å². The van der Waals surface area contributed by atoms with Gasteiger partial charge in [-0.25, -0.2) is 14.8 Å². The first-order valence-corrected chi connectivity index (χ1v) is 10.7. The quantitative estimate of drug-likeness (QED) is 0.454. The van der Waals surface area contributed by atoms with Gasteiger partial charge in [0, 0.05) is 42.2 Å². The van der Waals surface area contributed by atoms with Crippen LogP contribution < -0.4 is 5.69 Å². The first kappa shape index (κ1) is 19.1. The van der Waals surface area contributed by atoms with Crippen molar-refractivity contribution in [3.63, 3.8) is 0 Å². The smallest absolute Gasteiger partial charge is 0.327 e. The Balaban J connectivity index is 1.65. The van der Waals surface area contributed by atoms with Gasteiger partial charge in [0.1, 0.15) is 17.5 Å². The molecule has 32 heavy (non-hydrogen) atoms. The van der Waals surface area contributed by atoms with E-state index in [4.69, 9.17) is 26.3 Å². The standard InChI is InChI=1S/C22H18ClN7O2/c23-14-1-2-16-17(11-14)29(12-25-16)21-26-18(13-3-7-24-8-4-13)19-20(28-21)30(22(31)27-19)15-5-9-32-10-6-15/h1-4,7-8,11-12,15H,5-6,9-10H2,(H,27,31). The van der Waals surface area contributed by atoms with E-state index in [9.17, 15) is 4.79 Å². The molecule has 0 amide bonds. The van der Waals surface area contributed by atoms with E-state index in [1.54, 1.807) is 33.9 Å². The maximum Gasteiger partial charge on any atom is 0.327 e. The lowest BCUT2D eigenvalue weighted by Gasteiger charge is -2.23. The lowest BCUT2D eigenvalue weighted by Crippen LogP contribution is -2.27. The number of imidazole rings is 2. The van der Waals surface area contributed by atoms with Crippen LogP contribution >= 0.6 is 11.6 Å². The van der Waals surface area contributed by atoms with Crippen LogP contribution in [0, 0.1) is 0 Å². The molecule has 0 spiro atoms. The molecule has 1 fully saturated rings. The molecule has 1 saturated heterocycles. The summed E-state index contributed by atoms with van der Waals surface area (Å²) in [5.74, 6) is 0.411. The summed E-state index contributed by atoms with van der Waals surface area (Å²) in [6, 6.07) is 9.20. The van der Waals surface area contributed by atoms with Gasteiger partial charge in [0.25, 0.3) is 0 Å². The maximum atomic E-state index is 13.0. The van der Waals surface area contributed by atoms with Crippen LogP contribution in [0.5, 0.6) is 0 Å². The predicted octanol–water partition coefficient (Wildman–Crippen LogP) is 3.53. The average Bonchev–Trinajstić information content (AvgIpc) is 3.39. The number of hydrogen-bond donors (Lipinski definition) is 1. The largest absolute Gasteiger partial charge is 0.381 e. The highest BCUT2D eigenvalue weighted by atomic mass is 35.5. The Morgan fingerprint density at radius 3 is 2.72 bits per heavy atom. The normalized spacial score (nSPS) is 15.0. The highest BCUT2D eigenvalue weighted by Gasteiger charge is 2.24. The number of nitrogens with one attached hydrogen (secondary N) is 1. The van der Waals surface area contributed by atoms with Crippen LogP contribution in [0.3, 0.4) is 0 Å². The molecule has 0 bridgehead atoms. The van der Waals surface area contributed by atoms with Crippen LogP contribution in [0.2, 0.25) is 5.02 Å². The molecule has 9 nitrogen and oxygen atoms in total. The highest BCUT2D eigenvalue weighted by Crippen LogP contribution is 2.29. The summed E-state index contributed by atoms with van der Waals surface area (Å²) in [6.07, 6.45) is 6.56. The van der Waals surface area contributed by atoms with E-state index in [-0.39, 0.29) is 11.7 Å². The van der Waals surface area contributed by atoms with E-state index in [0.717, 1.165) is 29.4 Å². The number of H-pyrrole nitrogens is 1. The highest BCUT2D eigenvalue weighted by molar-refractivity contribution is 6.31. The van der Waals surface area contributed by atoms with Crippen molar-refractivity contribution in [1.29, 1.82) is 0 Å². The van der Waals surface area contributed by atoms with Gasteiger partial charge >= 0.3 is 5.69 Å². The molecule has 1 aliphatic heterocycles. The van der Waals surface area contributed by atoms with Gasteiger partial charge in [-0.3, -0.25) is 14.1 Å². The van der Waals surface area contributed by atoms with Crippen LogP contribution in [0.15, 0.2) is 53.8 Å². The Bertz CT molecular complexity index is 1500. The summed E-state index contributed by atoms with van der Waals surface area (Å²) in [5, 5.41) is 0.593. The molecule has 6 rings (SSSR count). The van der Waals surface area contributed by atoms with Crippen molar-refractivity contribution in [3.8, 4) is 17.2 Å². The third-order valence-corrected chi connectivity index (χ3v) is 6.03. The van der Waals surface area contributed by atoms with Gasteiger partial charge in [-0.05, 0) is 43.2 Å². The Hall–Kier alpha value is -3.56. The number of halogens is 1. The van der Waals surface area contributed by atoms with E-state index in [1.807, 2.05) is 24.3 Å². The number of fused-ring (bicyclic) bond motifs is 2. The van der Waals surface area contributed by atoms with Crippen LogP contribution in [0.1, 0.15) is 18.9 Å². The fourth-order valence-electron chi connectivity index (χ4n) is 4.24. The van der Waals surface area contributed by atoms with Gasteiger partial charge in [-0.2, -0.15) is 4.98 Å². The van der Waals surface area contributed by atoms with Gasteiger partial charge in [-0.15, -0.1) is 0 Å². The van der Waals surface area contributed by atoms with E-state index in [2.05, 4.69) is 15.0 Å². The third-order valence-electron chi connectivity index (χ3n) is 5.79. The van der Waals surface area contributed by atoms with E-state index in [1.165, 1.54) is 0 Å². The minimum Gasteiger partial charge on any atom is -0.381 e. The zero-order valence-electron chi connectivity index (χ0n) is 16.9.